The lowest BCUT2D eigenvalue weighted by Gasteiger charge is -2.10. The minimum Gasteiger partial charge on any atom is -0.496 e. The van der Waals surface area contributed by atoms with Crippen LogP contribution in [-0.4, -0.2) is 13.0 Å². The molecule has 3 N–H and O–H groups in total. The van der Waals surface area contributed by atoms with E-state index in [1.165, 1.54) is 12.7 Å². The molecular weight excluding hydrogens is 252 g/mol. The summed E-state index contributed by atoms with van der Waals surface area (Å²) in [4.78, 5) is 12.3. The van der Waals surface area contributed by atoms with Crippen LogP contribution >= 0.6 is 0 Å². The molecule has 0 aliphatic heterocycles. The highest BCUT2D eigenvalue weighted by Crippen LogP contribution is 2.22. The molecule has 0 radical (unpaired) electrons. The molecule has 0 aromatic heterocycles. The summed E-state index contributed by atoms with van der Waals surface area (Å²) < 4.78 is 5.19. The van der Waals surface area contributed by atoms with E-state index in [2.05, 4.69) is 12.2 Å². The average Bonchev–Trinajstić information content (AvgIpc) is 2.47. The molecule has 0 fully saturated rings. The van der Waals surface area contributed by atoms with Crippen molar-refractivity contribution in [2.45, 2.75) is 13.3 Å². The molecule has 1 amide bonds. The third kappa shape index (κ3) is 3.09. The van der Waals surface area contributed by atoms with E-state index >= 15 is 0 Å². The summed E-state index contributed by atoms with van der Waals surface area (Å²) in [5.74, 6) is 0.269. The van der Waals surface area contributed by atoms with Crippen LogP contribution in [0.5, 0.6) is 5.75 Å². The van der Waals surface area contributed by atoms with Gasteiger partial charge in [0, 0.05) is 11.4 Å². The van der Waals surface area contributed by atoms with Crippen LogP contribution in [0, 0.1) is 0 Å². The van der Waals surface area contributed by atoms with Gasteiger partial charge in [-0.25, -0.2) is 0 Å². The van der Waals surface area contributed by atoms with Gasteiger partial charge in [0.2, 0.25) is 0 Å². The molecular formula is C16H18N2O2. The Balaban J connectivity index is 2.25. The van der Waals surface area contributed by atoms with Gasteiger partial charge in [-0.3, -0.25) is 4.79 Å². The van der Waals surface area contributed by atoms with E-state index in [0.717, 1.165) is 12.1 Å². The van der Waals surface area contributed by atoms with E-state index in [4.69, 9.17) is 10.5 Å². The number of hydrogen-bond acceptors (Lipinski definition) is 3. The fourth-order valence-electron chi connectivity index (χ4n) is 1.97. The molecule has 0 saturated heterocycles. The molecule has 20 heavy (non-hydrogen) atoms. The molecule has 2 aromatic carbocycles. The molecule has 0 aliphatic carbocycles. The predicted molar refractivity (Wildman–Crippen MR) is 81.2 cm³/mol. The first-order valence-corrected chi connectivity index (χ1v) is 6.48. The highest BCUT2D eigenvalue weighted by molar-refractivity contribution is 6.06. The maximum absolute atomic E-state index is 12.3. The smallest absolute Gasteiger partial charge is 0.259 e. The van der Waals surface area contributed by atoms with Gasteiger partial charge in [0.05, 0.1) is 12.7 Å². The Hall–Kier alpha value is -2.49. The second kappa shape index (κ2) is 6.10. The Morgan fingerprint density at radius 3 is 2.75 bits per heavy atom. The van der Waals surface area contributed by atoms with Gasteiger partial charge in [0.15, 0.2) is 0 Å². The number of carbonyl (C=O) groups excluding carboxylic acids is 1. The zero-order valence-corrected chi connectivity index (χ0v) is 11.6. The van der Waals surface area contributed by atoms with Crippen molar-refractivity contribution >= 4 is 17.3 Å². The number of carbonyl (C=O) groups is 1. The van der Waals surface area contributed by atoms with Crippen LogP contribution in [0.15, 0.2) is 42.5 Å². The Morgan fingerprint density at radius 2 is 2.05 bits per heavy atom. The van der Waals surface area contributed by atoms with Crippen molar-refractivity contribution in [1.82, 2.24) is 0 Å². The lowest BCUT2D eigenvalue weighted by atomic mass is 10.1. The number of benzene rings is 2. The number of aryl methyl sites for hydroxylation is 1. The second-order valence-electron chi connectivity index (χ2n) is 4.47. The molecule has 0 aliphatic rings. The highest BCUT2D eigenvalue weighted by atomic mass is 16.5. The monoisotopic (exact) mass is 270 g/mol. The first-order valence-electron chi connectivity index (χ1n) is 6.48. The second-order valence-corrected chi connectivity index (χ2v) is 4.47. The number of nitrogen functional groups attached to an aromatic ring is 1. The summed E-state index contributed by atoms with van der Waals surface area (Å²) in [5.41, 5.74) is 8.61. The Morgan fingerprint density at radius 1 is 1.25 bits per heavy atom. The Bertz CT molecular complexity index is 624. The van der Waals surface area contributed by atoms with Gasteiger partial charge in [0.1, 0.15) is 5.75 Å². The molecule has 0 heterocycles. The molecule has 0 unspecified atom stereocenters. The van der Waals surface area contributed by atoms with E-state index in [-0.39, 0.29) is 5.91 Å². The Kier molecular flexibility index (Phi) is 4.25. The van der Waals surface area contributed by atoms with Crippen LogP contribution in [0.4, 0.5) is 11.4 Å². The fraction of sp³-hybridized carbons (Fsp3) is 0.188. The van der Waals surface area contributed by atoms with E-state index in [1.54, 1.807) is 18.2 Å². The number of amides is 1. The quantitative estimate of drug-likeness (QED) is 0.839. The zero-order chi connectivity index (χ0) is 14.5. The number of nitrogens with two attached hydrogens (primary N) is 1. The summed E-state index contributed by atoms with van der Waals surface area (Å²) in [5, 5.41) is 2.86. The van der Waals surface area contributed by atoms with Crippen molar-refractivity contribution in [3.63, 3.8) is 0 Å². The number of hydrogen-bond donors (Lipinski definition) is 2. The van der Waals surface area contributed by atoms with Gasteiger partial charge in [-0.1, -0.05) is 19.1 Å². The standard InChI is InChI=1S/C16H18N2O2/c1-3-11-5-4-6-13(9-11)18-16(19)14-10-12(17)7-8-15(14)20-2/h4-10H,3,17H2,1-2H3,(H,18,19). The topological polar surface area (TPSA) is 64.4 Å². The van der Waals surface area contributed by atoms with E-state index in [0.29, 0.717) is 17.0 Å². The van der Waals surface area contributed by atoms with Crippen LogP contribution in [0.2, 0.25) is 0 Å². The minimum absolute atomic E-state index is 0.234. The number of ether oxygens (including phenoxy) is 1. The maximum atomic E-state index is 12.3. The third-order valence-electron chi connectivity index (χ3n) is 3.06. The van der Waals surface area contributed by atoms with Crippen molar-refractivity contribution < 1.29 is 9.53 Å². The van der Waals surface area contributed by atoms with Crippen molar-refractivity contribution in [2.75, 3.05) is 18.2 Å². The lowest BCUT2D eigenvalue weighted by Crippen LogP contribution is -2.13. The van der Waals surface area contributed by atoms with Crippen molar-refractivity contribution in [3.05, 3.63) is 53.6 Å². The van der Waals surface area contributed by atoms with Crippen molar-refractivity contribution in [1.29, 1.82) is 0 Å². The van der Waals surface area contributed by atoms with Gasteiger partial charge in [0.25, 0.3) is 5.91 Å². The number of rotatable bonds is 4. The molecule has 4 nitrogen and oxygen atoms in total. The SMILES string of the molecule is CCc1cccc(NC(=O)c2cc(N)ccc2OC)c1. The van der Waals surface area contributed by atoms with Crippen LogP contribution in [0.1, 0.15) is 22.8 Å². The minimum atomic E-state index is -0.234. The maximum Gasteiger partial charge on any atom is 0.259 e. The summed E-state index contributed by atoms with van der Waals surface area (Å²) in [6, 6.07) is 12.8. The van der Waals surface area contributed by atoms with Crippen LogP contribution in [0.3, 0.4) is 0 Å². The molecule has 0 atom stereocenters. The van der Waals surface area contributed by atoms with Crippen LogP contribution < -0.4 is 15.8 Å². The van der Waals surface area contributed by atoms with E-state index in [1.807, 2.05) is 24.3 Å². The average molecular weight is 270 g/mol. The van der Waals surface area contributed by atoms with Gasteiger partial charge < -0.3 is 15.8 Å². The molecule has 2 aromatic rings. The highest BCUT2D eigenvalue weighted by Gasteiger charge is 2.13. The van der Waals surface area contributed by atoms with Crippen molar-refractivity contribution in [2.24, 2.45) is 0 Å². The zero-order valence-electron chi connectivity index (χ0n) is 11.6. The van der Waals surface area contributed by atoms with Crippen molar-refractivity contribution in [3.8, 4) is 5.75 Å². The molecule has 104 valence electrons. The molecule has 0 saturated carbocycles. The third-order valence-corrected chi connectivity index (χ3v) is 3.06. The summed E-state index contributed by atoms with van der Waals surface area (Å²) in [7, 11) is 1.53. The molecule has 4 heteroatoms. The molecule has 0 spiro atoms. The van der Waals surface area contributed by atoms with Gasteiger partial charge >= 0.3 is 0 Å². The largest absolute Gasteiger partial charge is 0.496 e. The van der Waals surface area contributed by atoms with Gasteiger partial charge in [-0.05, 0) is 42.3 Å². The van der Waals surface area contributed by atoms with Gasteiger partial charge in [-0.15, -0.1) is 0 Å². The fourth-order valence-corrected chi connectivity index (χ4v) is 1.97. The molecule has 0 bridgehead atoms. The molecule has 2 rings (SSSR count). The number of methoxy groups -OCH3 is 1. The Labute approximate surface area is 118 Å². The first-order chi connectivity index (χ1) is 9.63. The first kappa shape index (κ1) is 13.9. The van der Waals surface area contributed by atoms with E-state index in [9.17, 15) is 4.79 Å². The lowest BCUT2D eigenvalue weighted by molar-refractivity contribution is 0.102. The normalized spacial score (nSPS) is 10.1. The van der Waals surface area contributed by atoms with Gasteiger partial charge in [-0.2, -0.15) is 0 Å². The van der Waals surface area contributed by atoms with Crippen LogP contribution in [0.25, 0.3) is 0 Å². The number of anilines is 2. The van der Waals surface area contributed by atoms with Crippen LogP contribution in [-0.2, 0) is 6.42 Å². The summed E-state index contributed by atoms with van der Waals surface area (Å²) in [6.45, 7) is 2.07. The summed E-state index contributed by atoms with van der Waals surface area (Å²) >= 11 is 0. The summed E-state index contributed by atoms with van der Waals surface area (Å²) in [6.07, 6.45) is 0.922. The predicted octanol–water partition coefficient (Wildman–Crippen LogP) is 3.09. The van der Waals surface area contributed by atoms with E-state index < -0.39 is 0 Å². The number of nitrogens with one attached hydrogen (secondary N) is 1.